The number of fused-ring (bicyclic) bond motifs is 2. The van der Waals surface area contributed by atoms with Crippen LogP contribution in [0.4, 0.5) is 23.5 Å². The number of benzene rings is 1. The molecule has 3 heterocycles. The van der Waals surface area contributed by atoms with E-state index in [1.165, 1.54) is 6.07 Å². The zero-order valence-corrected chi connectivity index (χ0v) is 18.6. The summed E-state index contributed by atoms with van der Waals surface area (Å²) in [5, 5.41) is 17.5. The number of hydrogen-bond acceptors (Lipinski definition) is 6. The van der Waals surface area contributed by atoms with Crippen LogP contribution in [0.5, 0.6) is 5.88 Å². The minimum Gasteiger partial charge on any atom is -0.479 e. The van der Waals surface area contributed by atoms with Crippen LogP contribution < -0.4 is 10.1 Å². The Morgan fingerprint density at radius 1 is 1.29 bits per heavy atom. The Labute approximate surface area is 201 Å². The highest BCUT2D eigenvalue weighted by Gasteiger charge is 2.29. The summed E-state index contributed by atoms with van der Waals surface area (Å²) in [7, 11) is -2.96. The molecule has 0 unspecified atom stereocenters. The molecule has 5 rings (SSSR count). The number of alkyl halides is 2. The van der Waals surface area contributed by atoms with Crippen LogP contribution in [0.1, 0.15) is 36.7 Å². The van der Waals surface area contributed by atoms with Gasteiger partial charge in [-0.25, -0.2) is 27.1 Å². The first kappa shape index (κ1) is 19.8. The van der Waals surface area contributed by atoms with Crippen molar-refractivity contribution in [3.63, 3.8) is 0 Å². The molecule has 0 bridgehead atoms. The number of hydrogen-bond donors (Lipinski definition) is 2. The minimum atomic E-state index is -2.96. The minimum absolute atomic E-state index is 0.00438. The van der Waals surface area contributed by atoms with Crippen LogP contribution in [0.25, 0.3) is 27.7 Å². The van der Waals surface area contributed by atoms with Crippen molar-refractivity contribution in [2.75, 3.05) is 12.4 Å². The van der Waals surface area contributed by atoms with Crippen molar-refractivity contribution in [1.29, 1.82) is 0 Å². The molecule has 1 aliphatic carbocycles. The lowest BCUT2D eigenvalue weighted by Crippen LogP contribution is -2.36. The first-order valence-corrected chi connectivity index (χ1v) is 11.0. The topological polar surface area (TPSA) is 89.5 Å². The predicted molar refractivity (Wildman–Crippen MR) is 121 cm³/mol. The van der Waals surface area contributed by atoms with Gasteiger partial charge in [0.2, 0.25) is 11.8 Å². The molecule has 1 saturated carbocycles. The summed E-state index contributed by atoms with van der Waals surface area (Å²) in [6.45, 7) is 0.999. The third kappa shape index (κ3) is 4.38. The smallest absolute Gasteiger partial charge is 0.256 e. The van der Waals surface area contributed by atoms with Crippen molar-refractivity contribution in [3.8, 4) is 17.0 Å². The number of anilines is 1. The van der Waals surface area contributed by atoms with Crippen molar-refractivity contribution in [2.45, 2.75) is 57.2 Å². The summed E-state index contributed by atoms with van der Waals surface area (Å²) in [4.78, 5) is 8.01. The highest BCUT2D eigenvalue weighted by atomic mass is 19.3. The monoisotopic (exact) mass is 495 g/mol. The van der Waals surface area contributed by atoms with Gasteiger partial charge in [0.25, 0.3) is 6.43 Å². The molecular formula is C23H24F4N6O2. The number of methoxy groups -OCH3 is 1. The van der Waals surface area contributed by atoms with Gasteiger partial charge in [0.15, 0.2) is 11.6 Å². The summed E-state index contributed by atoms with van der Waals surface area (Å²) in [5.74, 6) is -2.28. The van der Waals surface area contributed by atoms with E-state index in [4.69, 9.17) is 8.85 Å². The maximum absolute atomic E-state index is 15.3. The molecular weight excluding hydrogens is 468 g/mol. The third-order valence-corrected chi connectivity index (χ3v) is 6.35. The second-order valence-corrected chi connectivity index (χ2v) is 9.02. The summed E-state index contributed by atoms with van der Waals surface area (Å²) >= 11 is 0. The zero-order chi connectivity index (χ0) is 27.4. The molecule has 8 nitrogen and oxygen atoms in total. The van der Waals surface area contributed by atoms with Gasteiger partial charge in [-0.3, -0.25) is 0 Å². The number of nitrogens with one attached hydrogen (secondary N) is 1. The molecule has 4 aromatic rings. The van der Waals surface area contributed by atoms with Gasteiger partial charge in [-0.1, -0.05) is 0 Å². The van der Waals surface area contributed by atoms with Gasteiger partial charge in [0, 0.05) is 6.04 Å². The molecule has 0 saturated heterocycles. The van der Waals surface area contributed by atoms with Crippen LogP contribution in [-0.2, 0) is 6.54 Å². The van der Waals surface area contributed by atoms with Crippen molar-refractivity contribution in [2.24, 2.45) is 0 Å². The largest absolute Gasteiger partial charge is 0.479 e. The van der Waals surface area contributed by atoms with Crippen LogP contribution in [-0.4, -0.2) is 54.4 Å². The lowest BCUT2D eigenvalue weighted by molar-refractivity contribution is 0.0195. The summed E-state index contributed by atoms with van der Waals surface area (Å²) < 4.78 is 86.2. The average Bonchev–Trinajstić information content (AvgIpc) is 3.34. The van der Waals surface area contributed by atoms with Gasteiger partial charge in [0.05, 0.1) is 46.9 Å². The maximum Gasteiger partial charge on any atom is 0.256 e. The Morgan fingerprint density at radius 2 is 2.06 bits per heavy atom. The SMILES string of the molecule is [2H]C([2H])([2H])Oc1nc(NC2CCC(C)(O)CC2)nn2cc(F)c(-c3cc(F)c4ncn(CC(F)F)c4c3)c12. The second kappa shape index (κ2) is 8.67. The zero-order valence-electron chi connectivity index (χ0n) is 21.6. The molecule has 2 N–H and O–H groups in total. The molecule has 0 spiro atoms. The standard InChI is InChI=1S/C23H24F4N6O2/c1-23(34)5-3-13(4-6-23)29-22-30-21(35-2)20-18(15(25)9-33(20)31-22)12-7-14(24)19-16(8-12)32(11-28-19)10-17(26)27/h7-9,11,13,17,34H,3-6,10H2,1-2H3,(H,29,31)/i2D3. The van der Waals surface area contributed by atoms with Crippen LogP contribution in [0.2, 0.25) is 0 Å². The van der Waals surface area contributed by atoms with E-state index >= 15 is 4.39 Å². The predicted octanol–water partition coefficient (Wildman–Crippen LogP) is 4.40. The fourth-order valence-corrected chi connectivity index (χ4v) is 4.55. The van der Waals surface area contributed by atoms with E-state index < -0.39 is 43.1 Å². The Hall–Kier alpha value is -3.41. The first-order chi connectivity index (χ1) is 17.8. The number of aromatic nitrogens is 5. The molecule has 0 radical (unpaired) electrons. The van der Waals surface area contributed by atoms with Gasteiger partial charge < -0.3 is 19.7 Å². The molecule has 1 aromatic carbocycles. The Morgan fingerprint density at radius 3 is 2.77 bits per heavy atom. The molecule has 0 atom stereocenters. The van der Waals surface area contributed by atoms with E-state index in [2.05, 4.69) is 20.4 Å². The Kier molecular flexibility index (Phi) is 4.92. The number of rotatable bonds is 6. The second-order valence-electron chi connectivity index (χ2n) is 9.02. The van der Waals surface area contributed by atoms with Crippen molar-refractivity contribution >= 4 is 22.5 Å². The quantitative estimate of drug-likeness (QED) is 0.386. The third-order valence-electron chi connectivity index (χ3n) is 6.35. The first-order valence-electron chi connectivity index (χ1n) is 12.5. The molecule has 1 aliphatic rings. The maximum atomic E-state index is 15.3. The van der Waals surface area contributed by atoms with Gasteiger partial charge in [-0.2, -0.15) is 4.98 Å². The molecule has 0 aliphatic heterocycles. The van der Waals surface area contributed by atoms with Gasteiger partial charge in [0.1, 0.15) is 11.0 Å². The van der Waals surface area contributed by atoms with Crippen LogP contribution in [0.3, 0.4) is 0 Å². The highest BCUT2D eigenvalue weighted by molar-refractivity contribution is 5.90. The van der Waals surface area contributed by atoms with Crippen LogP contribution in [0, 0.1) is 11.6 Å². The Bertz CT molecular complexity index is 1490. The van der Waals surface area contributed by atoms with Crippen molar-refractivity contribution in [1.82, 2.24) is 24.1 Å². The average molecular weight is 495 g/mol. The number of ether oxygens (including phenoxy) is 1. The number of nitrogens with zero attached hydrogens (tertiary/aromatic N) is 5. The van der Waals surface area contributed by atoms with Crippen LogP contribution >= 0.6 is 0 Å². The summed E-state index contributed by atoms with van der Waals surface area (Å²) in [5.41, 5.74) is -1.47. The summed E-state index contributed by atoms with van der Waals surface area (Å²) in [6.07, 6.45) is 1.55. The molecule has 186 valence electrons. The number of imidazole rings is 1. The lowest BCUT2D eigenvalue weighted by atomic mass is 9.84. The van der Waals surface area contributed by atoms with E-state index in [1.807, 2.05) is 0 Å². The van der Waals surface area contributed by atoms with Gasteiger partial charge in [-0.05, 0) is 50.3 Å². The molecule has 35 heavy (non-hydrogen) atoms. The van der Waals surface area contributed by atoms with E-state index in [9.17, 15) is 18.3 Å². The van der Waals surface area contributed by atoms with Crippen LogP contribution in [0.15, 0.2) is 24.7 Å². The number of halogens is 4. The fraction of sp³-hybridized carbons (Fsp3) is 0.435. The van der Waals surface area contributed by atoms with E-state index in [1.54, 1.807) is 6.92 Å². The number of aliphatic hydroxyl groups is 1. The fourth-order valence-electron chi connectivity index (χ4n) is 4.55. The molecule has 0 amide bonds. The molecule has 3 aromatic heterocycles. The Balaban J connectivity index is 1.62. The van der Waals surface area contributed by atoms with E-state index in [0.29, 0.717) is 25.7 Å². The van der Waals surface area contributed by atoms with E-state index in [-0.39, 0.29) is 39.7 Å². The van der Waals surface area contributed by atoms with Crippen molar-refractivity contribution < 1.29 is 31.5 Å². The van der Waals surface area contributed by atoms with E-state index in [0.717, 1.165) is 27.7 Å². The highest BCUT2D eigenvalue weighted by Crippen LogP contribution is 2.37. The molecule has 12 heteroatoms. The van der Waals surface area contributed by atoms with Gasteiger partial charge >= 0.3 is 0 Å². The summed E-state index contributed by atoms with van der Waals surface area (Å²) in [6, 6.07) is 2.13. The molecule has 1 fully saturated rings. The normalized spacial score (nSPS) is 22.4. The van der Waals surface area contributed by atoms with Gasteiger partial charge in [-0.15, -0.1) is 5.10 Å². The lowest BCUT2D eigenvalue weighted by Gasteiger charge is -2.33. The van der Waals surface area contributed by atoms with Crippen molar-refractivity contribution in [3.05, 3.63) is 36.3 Å².